The summed E-state index contributed by atoms with van der Waals surface area (Å²) < 4.78 is 0. The number of anilines is 1. The van der Waals surface area contributed by atoms with Crippen molar-refractivity contribution in [3.63, 3.8) is 0 Å². The first-order valence-electron chi connectivity index (χ1n) is 6.16. The van der Waals surface area contributed by atoms with Crippen LogP contribution in [0, 0.1) is 0 Å². The number of hydrogen-bond donors (Lipinski definition) is 2. The summed E-state index contributed by atoms with van der Waals surface area (Å²) in [6, 6.07) is 6.83. The minimum atomic E-state index is -0.0784. The number of rotatable bonds is 7. The maximum atomic E-state index is 11.7. The summed E-state index contributed by atoms with van der Waals surface area (Å²) in [6.45, 7) is 3.63. The van der Waals surface area contributed by atoms with Gasteiger partial charge in [0.25, 0.3) is 0 Å². The van der Waals surface area contributed by atoms with Crippen LogP contribution in [0.1, 0.15) is 30.6 Å². The molecule has 0 spiro atoms. The molecule has 0 radical (unpaired) electrons. The zero-order valence-electron chi connectivity index (χ0n) is 11.2. The smallest absolute Gasteiger partial charge is 0.234 e. The van der Waals surface area contributed by atoms with Gasteiger partial charge in [0.2, 0.25) is 5.91 Å². The van der Waals surface area contributed by atoms with E-state index in [9.17, 15) is 9.59 Å². The Kier molecular flexibility index (Phi) is 6.59. The van der Waals surface area contributed by atoms with E-state index in [2.05, 4.69) is 5.32 Å². The van der Waals surface area contributed by atoms with E-state index in [1.54, 1.807) is 24.3 Å². The van der Waals surface area contributed by atoms with Gasteiger partial charge in [-0.15, -0.1) is 11.8 Å². The lowest BCUT2D eigenvalue weighted by Gasteiger charge is -2.09. The molecule has 0 aliphatic rings. The van der Waals surface area contributed by atoms with E-state index in [1.807, 2.05) is 6.92 Å². The molecule has 0 saturated heterocycles. The summed E-state index contributed by atoms with van der Waals surface area (Å²) in [7, 11) is 0. The van der Waals surface area contributed by atoms with Crippen molar-refractivity contribution in [2.45, 2.75) is 25.5 Å². The highest BCUT2D eigenvalue weighted by atomic mass is 32.2. The van der Waals surface area contributed by atoms with Gasteiger partial charge in [0.05, 0.1) is 5.75 Å². The lowest BCUT2D eigenvalue weighted by atomic mass is 10.1. The predicted octanol–water partition coefficient (Wildman–Crippen LogP) is 2.33. The first-order valence-corrected chi connectivity index (χ1v) is 7.21. The largest absolute Gasteiger partial charge is 0.396 e. The van der Waals surface area contributed by atoms with Crippen molar-refractivity contribution in [1.29, 1.82) is 0 Å². The van der Waals surface area contributed by atoms with Gasteiger partial charge >= 0.3 is 0 Å². The Hall–Kier alpha value is -1.33. The third-order valence-electron chi connectivity index (χ3n) is 2.61. The van der Waals surface area contributed by atoms with Crippen molar-refractivity contribution in [3.8, 4) is 0 Å². The Morgan fingerprint density at radius 2 is 1.95 bits per heavy atom. The Bertz CT molecular complexity index is 431. The maximum absolute atomic E-state index is 11.7. The molecular formula is C14H19NO3S. The number of carbonyl (C=O) groups is 2. The molecule has 0 aromatic heterocycles. The van der Waals surface area contributed by atoms with Crippen LogP contribution in [0.4, 0.5) is 5.69 Å². The lowest BCUT2D eigenvalue weighted by molar-refractivity contribution is -0.113. The van der Waals surface area contributed by atoms with Crippen LogP contribution in [0.25, 0.3) is 0 Å². The summed E-state index contributed by atoms with van der Waals surface area (Å²) in [5, 5.41) is 11.8. The molecule has 1 atom stereocenters. The number of carbonyl (C=O) groups excluding carboxylic acids is 2. The van der Waals surface area contributed by atoms with Gasteiger partial charge in [0.15, 0.2) is 5.78 Å². The van der Waals surface area contributed by atoms with Gasteiger partial charge < -0.3 is 10.4 Å². The van der Waals surface area contributed by atoms with Crippen molar-refractivity contribution < 1.29 is 14.7 Å². The van der Waals surface area contributed by atoms with Crippen molar-refractivity contribution >= 4 is 29.1 Å². The molecule has 1 aromatic carbocycles. The second kappa shape index (κ2) is 7.96. The average molecular weight is 281 g/mol. The molecule has 1 aromatic rings. The average Bonchev–Trinajstić information content (AvgIpc) is 2.37. The van der Waals surface area contributed by atoms with Crippen LogP contribution in [-0.2, 0) is 4.79 Å². The van der Waals surface area contributed by atoms with Gasteiger partial charge in [-0.25, -0.2) is 0 Å². The second-order valence-electron chi connectivity index (χ2n) is 4.32. The minimum Gasteiger partial charge on any atom is -0.396 e. The third-order valence-corrected chi connectivity index (χ3v) is 3.84. The van der Waals surface area contributed by atoms with Crippen LogP contribution in [0.5, 0.6) is 0 Å². The number of thioether (sulfide) groups is 1. The first kappa shape index (κ1) is 15.7. The highest BCUT2D eigenvalue weighted by molar-refractivity contribution is 8.00. The fourth-order valence-corrected chi connectivity index (χ4v) is 2.25. The number of hydrogen-bond acceptors (Lipinski definition) is 4. The van der Waals surface area contributed by atoms with Crippen LogP contribution in [-0.4, -0.2) is 34.4 Å². The number of amides is 1. The Morgan fingerprint density at radius 3 is 2.47 bits per heavy atom. The fraction of sp³-hybridized carbons (Fsp3) is 0.429. The molecule has 0 bridgehead atoms. The molecule has 4 nitrogen and oxygen atoms in total. The zero-order valence-corrected chi connectivity index (χ0v) is 12.0. The fourth-order valence-electron chi connectivity index (χ4n) is 1.47. The molecule has 1 rings (SSSR count). The monoisotopic (exact) mass is 281 g/mol. The van der Waals surface area contributed by atoms with Crippen LogP contribution < -0.4 is 5.32 Å². The predicted molar refractivity (Wildman–Crippen MR) is 78.7 cm³/mol. The Labute approximate surface area is 117 Å². The molecule has 0 saturated carbocycles. The van der Waals surface area contributed by atoms with E-state index in [0.717, 1.165) is 0 Å². The molecule has 0 fully saturated rings. The number of aliphatic hydroxyl groups excluding tert-OH is 1. The van der Waals surface area contributed by atoms with Crippen LogP contribution in [0.2, 0.25) is 0 Å². The van der Waals surface area contributed by atoms with Crippen LogP contribution in [0.3, 0.4) is 0 Å². The molecule has 104 valence electrons. The van der Waals surface area contributed by atoms with Gasteiger partial charge in [0.1, 0.15) is 0 Å². The molecular weight excluding hydrogens is 262 g/mol. The molecule has 1 amide bonds. The number of ketones is 1. The summed E-state index contributed by atoms with van der Waals surface area (Å²) in [5.74, 6) is 0.284. The minimum absolute atomic E-state index is 0.00580. The Morgan fingerprint density at radius 1 is 1.32 bits per heavy atom. The molecule has 0 aliphatic heterocycles. The highest BCUT2D eigenvalue weighted by Gasteiger charge is 2.07. The summed E-state index contributed by atoms with van der Waals surface area (Å²) >= 11 is 1.51. The van der Waals surface area contributed by atoms with Crippen LogP contribution in [0.15, 0.2) is 24.3 Å². The van der Waals surface area contributed by atoms with E-state index in [4.69, 9.17) is 5.11 Å². The van der Waals surface area contributed by atoms with Gasteiger partial charge in [-0.2, -0.15) is 0 Å². The summed E-state index contributed by atoms with van der Waals surface area (Å²) in [5.41, 5.74) is 1.31. The summed E-state index contributed by atoms with van der Waals surface area (Å²) in [4.78, 5) is 22.8. The topological polar surface area (TPSA) is 66.4 Å². The normalized spacial score (nSPS) is 11.9. The van der Waals surface area contributed by atoms with Gasteiger partial charge in [0, 0.05) is 23.1 Å². The SMILES string of the molecule is CC(=O)c1ccc(NC(=O)CSC(C)CCO)cc1. The van der Waals surface area contributed by atoms with E-state index < -0.39 is 0 Å². The number of nitrogens with one attached hydrogen (secondary N) is 1. The number of Topliss-reactive ketones (excluding diaryl/α,β-unsaturated/α-hetero) is 1. The lowest BCUT2D eigenvalue weighted by Crippen LogP contribution is -2.16. The van der Waals surface area contributed by atoms with E-state index in [-0.39, 0.29) is 23.5 Å². The van der Waals surface area contributed by atoms with Crippen molar-refractivity contribution in [2.24, 2.45) is 0 Å². The van der Waals surface area contributed by atoms with Gasteiger partial charge in [-0.05, 0) is 37.6 Å². The van der Waals surface area contributed by atoms with Gasteiger partial charge in [-0.3, -0.25) is 9.59 Å². The molecule has 0 heterocycles. The molecule has 1 unspecified atom stereocenters. The zero-order chi connectivity index (χ0) is 14.3. The van der Waals surface area contributed by atoms with Crippen molar-refractivity contribution in [2.75, 3.05) is 17.7 Å². The Balaban J connectivity index is 2.42. The second-order valence-corrected chi connectivity index (χ2v) is 5.74. The first-order chi connectivity index (χ1) is 9.02. The van der Waals surface area contributed by atoms with E-state index >= 15 is 0 Å². The van der Waals surface area contributed by atoms with E-state index in [1.165, 1.54) is 18.7 Å². The number of aliphatic hydroxyl groups is 1. The van der Waals surface area contributed by atoms with Gasteiger partial charge in [-0.1, -0.05) is 6.92 Å². The molecule has 5 heteroatoms. The van der Waals surface area contributed by atoms with E-state index in [0.29, 0.717) is 23.4 Å². The van der Waals surface area contributed by atoms with Crippen molar-refractivity contribution in [3.05, 3.63) is 29.8 Å². The van der Waals surface area contributed by atoms with Crippen molar-refractivity contribution in [1.82, 2.24) is 0 Å². The number of benzene rings is 1. The third kappa shape index (κ3) is 5.89. The standard InChI is InChI=1S/C14H19NO3S/c1-10(7-8-16)19-9-14(18)15-13-5-3-12(4-6-13)11(2)17/h3-6,10,16H,7-9H2,1-2H3,(H,15,18). The molecule has 2 N–H and O–H groups in total. The molecule has 19 heavy (non-hydrogen) atoms. The quantitative estimate of drug-likeness (QED) is 0.753. The van der Waals surface area contributed by atoms with Crippen LogP contribution >= 0.6 is 11.8 Å². The molecule has 0 aliphatic carbocycles. The summed E-state index contributed by atoms with van der Waals surface area (Å²) in [6.07, 6.45) is 0.686. The highest BCUT2D eigenvalue weighted by Crippen LogP contribution is 2.15. The maximum Gasteiger partial charge on any atom is 0.234 e.